The molecule has 2 saturated heterocycles. The summed E-state index contributed by atoms with van der Waals surface area (Å²) < 4.78 is 5.81. The number of fused-ring (bicyclic) bond motifs is 1. The van der Waals surface area contributed by atoms with Crippen LogP contribution in [0.4, 0.5) is 0 Å². The molecule has 1 aromatic heterocycles. The zero-order valence-corrected chi connectivity index (χ0v) is 13.2. The molecule has 1 N–H and O–H groups in total. The van der Waals surface area contributed by atoms with Gasteiger partial charge >= 0.3 is 0 Å². The second-order valence-corrected chi connectivity index (χ2v) is 6.51. The van der Waals surface area contributed by atoms with Gasteiger partial charge in [-0.25, -0.2) is 4.98 Å². The zero-order valence-electron chi connectivity index (χ0n) is 13.2. The molecule has 116 valence electrons. The Hall–Kier alpha value is -1.13. The van der Waals surface area contributed by atoms with Crippen LogP contribution in [0.2, 0.25) is 0 Å². The van der Waals surface area contributed by atoms with Gasteiger partial charge in [0.15, 0.2) is 0 Å². The van der Waals surface area contributed by atoms with E-state index in [1.807, 2.05) is 19.9 Å². The maximum Gasteiger partial charge on any atom is 0.218 e. The van der Waals surface area contributed by atoms with E-state index in [0.29, 0.717) is 6.04 Å². The van der Waals surface area contributed by atoms with Gasteiger partial charge in [0, 0.05) is 36.9 Å². The number of aromatic nitrogens is 1. The summed E-state index contributed by atoms with van der Waals surface area (Å²) in [6.45, 7) is 7.48. The number of nitrogens with zero attached hydrogens (tertiary/aromatic N) is 2. The van der Waals surface area contributed by atoms with Gasteiger partial charge in [-0.1, -0.05) is 12.5 Å². The van der Waals surface area contributed by atoms with Crippen molar-refractivity contribution in [2.24, 2.45) is 0 Å². The Bertz CT molecular complexity index is 463. The van der Waals surface area contributed by atoms with Crippen molar-refractivity contribution in [1.29, 1.82) is 0 Å². The van der Waals surface area contributed by atoms with Crippen LogP contribution >= 0.6 is 0 Å². The number of rotatable bonds is 5. The van der Waals surface area contributed by atoms with E-state index in [4.69, 9.17) is 4.74 Å². The maximum absolute atomic E-state index is 5.81. The summed E-state index contributed by atoms with van der Waals surface area (Å²) in [5, 5.41) is 3.75. The van der Waals surface area contributed by atoms with Crippen LogP contribution in [0.5, 0.6) is 5.88 Å². The molecule has 0 bridgehead atoms. The average molecular weight is 289 g/mol. The summed E-state index contributed by atoms with van der Waals surface area (Å²) >= 11 is 0. The SMILES string of the molecule is CC(C)Oc1ncccc1CNC1CCN2CCCCC12. The molecule has 0 radical (unpaired) electrons. The zero-order chi connectivity index (χ0) is 14.7. The van der Waals surface area contributed by atoms with Crippen molar-refractivity contribution in [2.75, 3.05) is 13.1 Å². The normalized spacial score (nSPS) is 26.0. The lowest BCUT2D eigenvalue weighted by atomic mass is 9.99. The van der Waals surface area contributed by atoms with E-state index in [1.165, 1.54) is 44.3 Å². The molecule has 0 aliphatic carbocycles. The van der Waals surface area contributed by atoms with Crippen molar-refractivity contribution in [3.63, 3.8) is 0 Å². The molecule has 3 heterocycles. The first kappa shape index (κ1) is 14.8. The van der Waals surface area contributed by atoms with Crippen LogP contribution in [-0.4, -0.2) is 41.2 Å². The lowest BCUT2D eigenvalue weighted by Gasteiger charge is -2.32. The summed E-state index contributed by atoms with van der Waals surface area (Å²) in [5.74, 6) is 0.776. The number of piperidine rings is 1. The Balaban J connectivity index is 1.60. The molecule has 1 aromatic rings. The number of hydrogen-bond donors (Lipinski definition) is 1. The summed E-state index contributed by atoms with van der Waals surface area (Å²) in [4.78, 5) is 7.04. The molecule has 4 heteroatoms. The molecule has 0 spiro atoms. The quantitative estimate of drug-likeness (QED) is 0.904. The minimum atomic E-state index is 0.166. The fourth-order valence-corrected chi connectivity index (χ4v) is 3.61. The van der Waals surface area contributed by atoms with E-state index >= 15 is 0 Å². The van der Waals surface area contributed by atoms with E-state index < -0.39 is 0 Å². The van der Waals surface area contributed by atoms with Crippen molar-refractivity contribution in [3.8, 4) is 5.88 Å². The Kier molecular flexibility index (Phi) is 4.76. The van der Waals surface area contributed by atoms with E-state index in [1.54, 1.807) is 6.20 Å². The monoisotopic (exact) mass is 289 g/mol. The van der Waals surface area contributed by atoms with Gasteiger partial charge in [-0.2, -0.15) is 0 Å². The number of ether oxygens (including phenoxy) is 1. The van der Waals surface area contributed by atoms with Gasteiger partial charge < -0.3 is 10.1 Å². The van der Waals surface area contributed by atoms with Crippen LogP contribution in [0.1, 0.15) is 45.1 Å². The minimum Gasteiger partial charge on any atom is -0.475 e. The third kappa shape index (κ3) is 3.55. The van der Waals surface area contributed by atoms with Crippen LogP contribution in [-0.2, 0) is 6.54 Å². The first-order valence-electron chi connectivity index (χ1n) is 8.32. The van der Waals surface area contributed by atoms with Gasteiger partial charge in [-0.3, -0.25) is 4.90 Å². The lowest BCUT2D eigenvalue weighted by molar-refractivity contribution is 0.179. The molecule has 2 aliphatic rings. The van der Waals surface area contributed by atoms with Crippen LogP contribution in [0.25, 0.3) is 0 Å². The van der Waals surface area contributed by atoms with Crippen molar-refractivity contribution in [2.45, 2.75) is 64.3 Å². The number of pyridine rings is 1. The molecule has 0 amide bonds. The highest BCUT2D eigenvalue weighted by Crippen LogP contribution is 2.27. The van der Waals surface area contributed by atoms with Gasteiger partial charge in [0.05, 0.1) is 6.10 Å². The molecule has 2 unspecified atom stereocenters. The van der Waals surface area contributed by atoms with E-state index in [9.17, 15) is 0 Å². The fraction of sp³-hybridized carbons (Fsp3) is 0.706. The highest BCUT2D eigenvalue weighted by Gasteiger charge is 2.35. The predicted molar refractivity (Wildman–Crippen MR) is 84.5 cm³/mol. The first-order valence-corrected chi connectivity index (χ1v) is 8.32. The van der Waals surface area contributed by atoms with Crippen molar-refractivity contribution in [1.82, 2.24) is 15.2 Å². The topological polar surface area (TPSA) is 37.4 Å². The van der Waals surface area contributed by atoms with Crippen LogP contribution in [0.15, 0.2) is 18.3 Å². The molecule has 4 nitrogen and oxygen atoms in total. The second kappa shape index (κ2) is 6.75. The standard InChI is InChI=1S/C17H27N3O/c1-13(2)21-17-14(6-5-9-18-17)12-19-15-8-11-20-10-4-3-7-16(15)20/h5-6,9,13,15-16,19H,3-4,7-8,10-12H2,1-2H3. The third-order valence-electron chi connectivity index (χ3n) is 4.61. The smallest absolute Gasteiger partial charge is 0.218 e. The molecular weight excluding hydrogens is 262 g/mol. The molecule has 21 heavy (non-hydrogen) atoms. The lowest BCUT2D eigenvalue weighted by Crippen LogP contribution is -2.44. The maximum atomic E-state index is 5.81. The van der Waals surface area contributed by atoms with Gasteiger partial charge in [-0.05, 0) is 45.7 Å². The first-order chi connectivity index (χ1) is 10.2. The van der Waals surface area contributed by atoms with Crippen molar-refractivity contribution >= 4 is 0 Å². The largest absolute Gasteiger partial charge is 0.475 e. The van der Waals surface area contributed by atoms with Gasteiger partial charge in [0.1, 0.15) is 0 Å². The summed E-state index contributed by atoms with van der Waals surface area (Å²) in [6, 6.07) is 5.47. The molecule has 0 aromatic carbocycles. The fourth-order valence-electron chi connectivity index (χ4n) is 3.61. The molecule has 0 saturated carbocycles. The van der Waals surface area contributed by atoms with Crippen LogP contribution < -0.4 is 10.1 Å². The average Bonchev–Trinajstić information content (AvgIpc) is 2.89. The Labute approximate surface area is 127 Å². The van der Waals surface area contributed by atoms with Gasteiger partial charge in [0.2, 0.25) is 5.88 Å². The third-order valence-corrected chi connectivity index (χ3v) is 4.61. The van der Waals surface area contributed by atoms with E-state index in [-0.39, 0.29) is 6.10 Å². The molecule has 3 rings (SSSR count). The Morgan fingerprint density at radius 1 is 1.33 bits per heavy atom. The van der Waals surface area contributed by atoms with Crippen LogP contribution in [0, 0.1) is 0 Å². The molecular formula is C17H27N3O. The minimum absolute atomic E-state index is 0.166. The van der Waals surface area contributed by atoms with Crippen molar-refractivity contribution < 1.29 is 4.74 Å². The molecule has 2 fully saturated rings. The molecule has 2 atom stereocenters. The highest BCUT2D eigenvalue weighted by atomic mass is 16.5. The number of hydrogen-bond acceptors (Lipinski definition) is 4. The van der Waals surface area contributed by atoms with Gasteiger partial charge in [0.25, 0.3) is 0 Å². The van der Waals surface area contributed by atoms with E-state index in [2.05, 4.69) is 21.3 Å². The Morgan fingerprint density at radius 3 is 3.10 bits per heavy atom. The van der Waals surface area contributed by atoms with Crippen LogP contribution in [0.3, 0.4) is 0 Å². The van der Waals surface area contributed by atoms with Gasteiger partial charge in [-0.15, -0.1) is 0 Å². The molecule has 2 aliphatic heterocycles. The highest BCUT2D eigenvalue weighted by molar-refractivity contribution is 5.25. The van der Waals surface area contributed by atoms with E-state index in [0.717, 1.165) is 18.5 Å². The number of nitrogens with one attached hydrogen (secondary N) is 1. The second-order valence-electron chi connectivity index (χ2n) is 6.51. The predicted octanol–water partition coefficient (Wildman–Crippen LogP) is 2.59. The summed E-state index contributed by atoms with van der Waals surface area (Å²) in [6.07, 6.45) is 7.34. The Morgan fingerprint density at radius 2 is 2.24 bits per heavy atom. The van der Waals surface area contributed by atoms with Crippen molar-refractivity contribution in [3.05, 3.63) is 23.9 Å². The summed E-state index contributed by atoms with van der Waals surface area (Å²) in [7, 11) is 0. The summed E-state index contributed by atoms with van der Waals surface area (Å²) in [5.41, 5.74) is 1.17.